The number of fused-ring (bicyclic) bond motifs is 1. The van der Waals surface area contributed by atoms with Crippen LogP contribution in [0.25, 0.3) is 11.1 Å². The van der Waals surface area contributed by atoms with E-state index in [9.17, 15) is 5.11 Å². The first-order valence-corrected chi connectivity index (χ1v) is 6.64. The smallest absolute Gasteiger partial charge is 0.295 e. The Labute approximate surface area is 112 Å². The fraction of sp³-hybridized carbons (Fsp3) is 0.500. The predicted molar refractivity (Wildman–Crippen MR) is 77.0 cm³/mol. The van der Waals surface area contributed by atoms with Crippen molar-refractivity contribution >= 4 is 22.8 Å². The Morgan fingerprint density at radius 2 is 2.11 bits per heavy atom. The van der Waals surface area contributed by atoms with E-state index in [-0.39, 0.29) is 12.0 Å². The van der Waals surface area contributed by atoms with Crippen molar-refractivity contribution < 1.29 is 9.52 Å². The highest BCUT2D eigenvalue weighted by Crippen LogP contribution is 2.28. The molecule has 4 N–H and O–H groups in total. The molecule has 0 amide bonds. The van der Waals surface area contributed by atoms with Crippen LogP contribution < -0.4 is 11.1 Å². The number of nitrogens with zero attached hydrogens (tertiary/aromatic N) is 1. The van der Waals surface area contributed by atoms with Gasteiger partial charge in [0.15, 0.2) is 5.58 Å². The van der Waals surface area contributed by atoms with E-state index >= 15 is 0 Å². The Morgan fingerprint density at radius 3 is 2.68 bits per heavy atom. The molecule has 0 fully saturated rings. The third-order valence-corrected chi connectivity index (χ3v) is 3.90. The van der Waals surface area contributed by atoms with Gasteiger partial charge in [0.1, 0.15) is 5.52 Å². The number of aliphatic hydroxyl groups is 1. The first kappa shape index (κ1) is 13.7. The largest absolute Gasteiger partial charge is 0.423 e. The molecule has 0 saturated heterocycles. The second kappa shape index (κ2) is 5.48. The highest BCUT2D eigenvalue weighted by atomic mass is 16.4. The van der Waals surface area contributed by atoms with Crippen molar-refractivity contribution in [2.45, 2.75) is 26.7 Å². The van der Waals surface area contributed by atoms with Gasteiger partial charge in [-0.15, -0.1) is 0 Å². The number of rotatable bonds is 6. The third-order valence-electron chi connectivity index (χ3n) is 3.90. The van der Waals surface area contributed by atoms with E-state index < -0.39 is 0 Å². The van der Waals surface area contributed by atoms with E-state index in [1.54, 1.807) is 6.07 Å². The zero-order chi connectivity index (χ0) is 13.9. The van der Waals surface area contributed by atoms with Crippen molar-refractivity contribution in [1.82, 2.24) is 4.98 Å². The number of anilines is 2. The van der Waals surface area contributed by atoms with Crippen LogP contribution in [-0.2, 0) is 0 Å². The fourth-order valence-electron chi connectivity index (χ4n) is 2.09. The Morgan fingerprint density at radius 1 is 1.37 bits per heavy atom. The molecule has 19 heavy (non-hydrogen) atoms. The quantitative estimate of drug-likeness (QED) is 0.698. The molecule has 1 heterocycles. The molecule has 0 spiro atoms. The number of hydrogen-bond acceptors (Lipinski definition) is 5. The predicted octanol–water partition coefficient (Wildman–Crippen LogP) is 2.62. The van der Waals surface area contributed by atoms with Crippen LogP contribution in [0.5, 0.6) is 0 Å². The van der Waals surface area contributed by atoms with E-state index in [1.807, 2.05) is 12.1 Å². The molecule has 0 atom stereocenters. The first-order valence-electron chi connectivity index (χ1n) is 6.64. The number of aromatic nitrogens is 1. The lowest BCUT2D eigenvalue weighted by Gasteiger charge is -2.29. The molecule has 5 nitrogen and oxygen atoms in total. The van der Waals surface area contributed by atoms with Crippen LogP contribution in [0, 0.1) is 5.41 Å². The molecule has 0 aliphatic heterocycles. The van der Waals surface area contributed by atoms with Gasteiger partial charge in [-0.25, -0.2) is 0 Å². The standard InChI is InChI=1S/C14H21N3O2/c1-3-14(4-2,9-18)8-16-13-17-12-10(15)6-5-7-11(12)19-13/h5-7,18H,3-4,8-9,15H2,1-2H3,(H,16,17). The van der Waals surface area contributed by atoms with Gasteiger partial charge in [0.05, 0.1) is 12.3 Å². The number of nitrogens with one attached hydrogen (secondary N) is 1. The molecule has 0 saturated carbocycles. The van der Waals surface area contributed by atoms with Crippen LogP contribution in [0.3, 0.4) is 0 Å². The fourth-order valence-corrected chi connectivity index (χ4v) is 2.09. The minimum Gasteiger partial charge on any atom is -0.423 e. The molecule has 1 aromatic carbocycles. The molecule has 2 rings (SSSR count). The summed E-state index contributed by atoms with van der Waals surface area (Å²) in [5.41, 5.74) is 7.66. The minimum atomic E-state index is -0.133. The van der Waals surface area contributed by atoms with Crippen molar-refractivity contribution in [3.05, 3.63) is 18.2 Å². The number of aliphatic hydroxyl groups excluding tert-OH is 1. The van der Waals surface area contributed by atoms with Crippen molar-refractivity contribution in [3.8, 4) is 0 Å². The average molecular weight is 263 g/mol. The minimum absolute atomic E-state index is 0.133. The molecule has 5 heteroatoms. The van der Waals surface area contributed by atoms with Gasteiger partial charge in [-0.05, 0) is 25.0 Å². The summed E-state index contributed by atoms with van der Waals surface area (Å²) in [7, 11) is 0. The number of benzene rings is 1. The maximum absolute atomic E-state index is 9.53. The Balaban J connectivity index is 2.16. The topological polar surface area (TPSA) is 84.3 Å². The molecule has 0 aliphatic rings. The van der Waals surface area contributed by atoms with Crippen LogP contribution in [0.2, 0.25) is 0 Å². The lowest BCUT2D eigenvalue weighted by atomic mass is 9.83. The summed E-state index contributed by atoms with van der Waals surface area (Å²) in [6.07, 6.45) is 1.80. The van der Waals surface area contributed by atoms with E-state index in [0.717, 1.165) is 12.8 Å². The van der Waals surface area contributed by atoms with E-state index in [1.165, 1.54) is 0 Å². The molecule has 104 valence electrons. The van der Waals surface area contributed by atoms with Gasteiger partial charge in [0.2, 0.25) is 0 Å². The number of oxazole rings is 1. The SMILES string of the molecule is CCC(CC)(CO)CNc1nc2c(N)cccc2o1. The van der Waals surface area contributed by atoms with E-state index in [2.05, 4.69) is 24.1 Å². The normalized spacial score (nSPS) is 11.9. The first-order chi connectivity index (χ1) is 9.14. The van der Waals surface area contributed by atoms with Gasteiger partial charge in [-0.3, -0.25) is 0 Å². The summed E-state index contributed by atoms with van der Waals surface area (Å²) in [4.78, 5) is 4.33. The monoisotopic (exact) mass is 263 g/mol. The zero-order valence-electron chi connectivity index (χ0n) is 11.4. The van der Waals surface area contributed by atoms with Crippen LogP contribution >= 0.6 is 0 Å². The van der Waals surface area contributed by atoms with Gasteiger partial charge in [0.25, 0.3) is 6.01 Å². The van der Waals surface area contributed by atoms with E-state index in [4.69, 9.17) is 10.2 Å². The number of nitrogens with two attached hydrogens (primary N) is 1. The summed E-state index contributed by atoms with van der Waals surface area (Å²) < 4.78 is 5.59. The number of para-hydroxylation sites is 1. The summed E-state index contributed by atoms with van der Waals surface area (Å²) in [5, 5.41) is 12.7. The van der Waals surface area contributed by atoms with Gasteiger partial charge >= 0.3 is 0 Å². The highest BCUT2D eigenvalue weighted by molar-refractivity contribution is 5.86. The second-order valence-corrected chi connectivity index (χ2v) is 4.93. The van der Waals surface area contributed by atoms with Crippen molar-refractivity contribution in [3.63, 3.8) is 0 Å². The van der Waals surface area contributed by atoms with Crippen LogP contribution in [0.4, 0.5) is 11.7 Å². The summed E-state index contributed by atoms with van der Waals surface area (Å²) >= 11 is 0. The third kappa shape index (κ3) is 2.66. The van der Waals surface area contributed by atoms with Crippen molar-refractivity contribution in [2.24, 2.45) is 5.41 Å². The molecule has 0 bridgehead atoms. The van der Waals surface area contributed by atoms with Crippen molar-refractivity contribution in [1.29, 1.82) is 0 Å². The second-order valence-electron chi connectivity index (χ2n) is 4.93. The van der Waals surface area contributed by atoms with Gasteiger partial charge < -0.3 is 20.6 Å². The van der Waals surface area contributed by atoms with Gasteiger partial charge in [0, 0.05) is 12.0 Å². The Hall–Kier alpha value is -1.75. The molecule has 0 aliphatic carbocycles. The molecular weight excluding hydrogens is 242 g/mol. The summed E-state index contributed by atoms with van der Waals surface area (Å²) in [6.45, 7) is 4.93. The maximum atomic E-state index is 9.53. The summed E-state index contributed by atoms with van der Waals surface area (Å²) in [5.74, 6) is 0. The lowest BCUT2D eigenvalue weighted by molar-refractivity contribution is 0.126. The molecule has 0 radical (unpaired) electrons. The van der Waals surface area contributed by atoms with Crippen LogP contribution in [-0.4, -0.2) is 23.2 Å². The molecule has 2 aromatic rings. The number of hydrogen-bond donors (Lipinski definition) is 3. The molecule has 0 unspecified atom stereocenters. The van der Waals surface area contributed by atoms with Gasteiger partial charge in [-0.1, -0.05) is 19.9 Å². The van der Waals surface area contributed by atoms with Gasteiger partial charge in [-0.2, -0.15) is 4.98 Å². The molecular formula is C14H21N3O2. The number of nitrogen functional groups attached to an aromatic ring is 1. The summed E-state index contributed by atoms with van der Waals surface area (Å²) in [6, 6.07) is 5.92. The van der Waals surface area contributed by atoms with Crippen molar-refractivity contribution in [2.75, 3.05) is 24.2 Å². The average Bonchev–Trinajstić information content (AvgIpc) is 2.86. The van der Waals surface area contributed by atoms with E-state index in [0.29, 0.717) is 29.3 Å². The Bertz CT molecular complexity index is 538. The Kier molecular flexibility index (Phi) is 3.95. The maximum Gasteiger partial charge on any atom is 0.295 e. The van der Waals surface area contributed by atoms with Crippen LogP contribution in [0.1, 0.15) is 26.7 Å². The highest BCUT2D eigenvalue weighted by Gasteiger charge is 2.25. The molecule has 1 aromatic heterocycles. The lowest BCUT2D eigenvalue weighted by Crippen LogP contribution is -2.32. The van der Waals surface area contributed by atoms with Crippen LogP contribution in [0.15, 0.2) is 22.6 Å². The zero-order valence-corrected chi connectivity index (χ0v) is 11.4.